The van der Waals surface area contributed by atoms with Crippen molar-refractivity contribution in [2.24, 2.45) is 11.8 Å². The third-order valence-corrected chi connectivity index (χ3v) is 17.3. The summed E-state index contributed by atoms with van der Waals surface area (Å²) in [5.41, 5.74) is 4.16. The monoisotopic (exact) mass is 1120 g/mol. The average molecular weight is 1120 g/mol. The Bertz CT molecular complexity index is 2750. The molecule has 6 atom stereocenters. The number of rotatable bonds is 24. The molecule has 7 N–H and O–H groups in total. The van der Waals surface area contributed by atoms with E-state index in [2.05, 4.69) is 41.9 Å². The van der Waals surface area contributed by atoms with E-state index >= 15 is 8.78 Å². The number of aliphatic hydroxyl groups excluding tert-OH is 1. The van der Waals surface area contributed by atoms with Crippen LogP contribution in [0.15, 0.2) is 73.3 Å². The number of carbonyl (C=O) groups is 5. The summed E-state index contributed by atoms with van der Waals surface area (Å²) in [6, 6.07) is 11.0. The Balaban J connectivity index is 0.807. The molecule has 2 aromatic carbocycles. The molecule has 2 saturated carbocycles. The van der Waals surface area contributed by atoms with Gasteiger partial charge in [-0.25, -0.2) is 8.78 Å². The molecule has 438 valence electrons. The minimum Gasteiger partial charge on any atom is -0.377 e. The van der Waals surface area contributed by atoms with Gasteiger partial charge in [0.15, 0.2) is 0 Å². The highest BCUT2D eigenvalue weighted by molar-refractivity contribution is 5.96. The molecule has 2 saturated heterocycles. The lowest BCUT2D eigenvalue weighted by atomic mass is 9.83. The van der Waals surface area contributed by atoms with Gasteiger partial charge in [-0.15, -0.1) is 0 Å². The number of nitrogens with one attached hydrogen (secondary N) is 6. The summed E-state index contributed by atoms with van der Waals surface area (Å²) in [5, 5.41) is 29.1. The van der Waals surface area contributed by atoms with Crippen molar-refractivity contribution in [3.05, 3.63) is 107 Å². The lowest BCUT2D eigenvalue weighted by Gasteiger charge is -2.36. The molecule has 18 heteroatoms. The Kier molecular flexibility index (Phi) is 22.7. The van der Waals surface area contributed by atoms with Crippen LogP contribution in [0.4, 0.5) is 8.78 Å². The van der Waals surface area contributed by atoms with Crippen LogP contribution in [-0.2, 0) is 14.4 Å². The van der Waals surface area contributed by atoms with Crippen molar-refractivity contribution >= 4 is 29.5 Å². The van der Waals surface area contributed by atoms with Crippen LogP contribution in [0.1, 0.15) is 179 Å². The van der Waals surface area contributed by atoms with Crippen LogP contribution in [0.25, 0.3) is 22.3 Å². The fourth-order valence-electron chi connectivity index (χ4n) is 12.6. The number of pyridine rings is 2. The number of carbonyl (C=O) groups excluding carboxylic acids is 5. The van der Waals surface area contributed by atoms with Gasteiger partial charge in [0, 0.05) is 68.1 Å². The van der Waals surface area contributed by atoms with Crippen LogP contribution in [0.3, 0.4) is 0 Å². The first kappa shape index (κ1) is 60.9. The van der Waals surface area contributed by atoms with Crippen LogP contribution >= 0.6 is 0 Å². The van der Waals surface area contributed by atoms with Gasteiger partial charge in [0.25, 0.3) is 11.8 Å². The van der Waals surface area contributed by atoms with Crippen molar-refractivity contribution in [3.63, 3.8) is 0 Å². The highest BCUT2D eigenvalue weighted by atomic mass is 19.1. The van der Waals surface area contributed by atoms with Gasteiger partial charge in [-0.2, -0.15) is 0 Å². The molecule has 0 bridgehead atoms. The second-order valence-electron chi connectivity index (χ2n) is 23.0. The molecule has 4 aromatic rings. The number of benzene rings is 2. The van der Waals surface area contributed by atoms with Gasteiger partial charge in [-0.3, -0.25) is 39.3 Å². The minimum absolute atomic E-state index is 0.00670. The normalized spacial score (nSPS) is 19.7. The van der Waals surface area contributed by atoms with Crippen molar-refractivity contribution in [1.82, 2.24) is 51.7 Å². The van der Waals surface area contributed by atoms with E-state index in [-0.39, 0.29) is 65.4 Å². The number of hydrogen-bond acceptors (Lipinski definition) is 11. The SMILES string of the molecule is CNCC(=O)NC(C(=O)N1CCC[C@H]1c1cncc(-c2ccc(F)c(C(=O)NCCCCCCNC(=O)c3cc(-c4cncc([C@@H]5CCCN5C(=O)[C@@H](NC(O)[C@H](C)NC)C5CCCCCCC5)c4)ccc3F)c2)c1)C1CCCCC1. The maximum Gasteiger partial charge on any atom is 0.254 e. The second-order valence-corrected chi connectivity index (χ2v) is 23.0. The van der Waals surface area contributed by atoms with Gasteiger partial charge in [-0.1, -0.05) is 76.3 Å². The number of amides is 5. The fraction of sp³-hybridized carbons (Fsp3) is 0.571. The minimum atomic E-state index is -0.895. The fourth-order valence-corrected chi connectivity index (χ4v) is 12.6. The zero-order chi connectivity index (χ0) is 57.3. The molecular weight excluding hydrogens is 1030 g/mol. The van der Waals surface area contributed by atoms with Crippen LogP contribution in [0, 0.1) is 23.5 Å². The zero-order valence-corrected chi connectivity index (χ0v) is 47.8. The van der Waals surface area contributed by atoms with Gasteiger partial charge >= 0.3 is 0 Å². The predicted molar refractivity (Wildman–Crippen MR) is 309 cm³/mol. The molecule has 4 heterocycles. The molecule has 0 spiro atoms. The Morgan fingerprint density at radius 2 is 1.04 bits per heavy atom. The van der Waals surface area contributed by atoms with E-state index in [4.69, 9.17) is 0 Å². The smallest absolute Gasteiger partial charge is 0.254 e. The van der Waals surface area contributed by atoms with Crippen molar-refractivity contribution in [3.8, 4) is 22.3 Å². The molecule has 2 aliphatic heterocycles. The molecular formula is C63H86F2N10O6. The molecule has 4 aliphatic rings. The van der Waals surface area contributed by atoms with E-state index in [1.807, 2.05) is 28.9 Å². The topological polar surface area (TPSA) is 210 Å². The van der Waals surface area contributed by atoms with Crippen molar-refractivity contribution in [2.45, 2.75) is 172 Å². The highest BCUT2D eigenvalue weighted by Gasteiger charge is 2.41. The molecule has 16 nitrogen and oxygen atoms in total. The first-order valence-electron chi connectivity index (χ1n) is 30.1. The largest absolute Gasteiger partial charge is 0.377 e. The number of unbranched alkanes of at least 4 members (excludes halogenated alkanes) is 3. The van der Waals surface area contributed by atoms with E-state index in [9.17, 15) is 29.1 Å². The van der Waals surface area contributed by atoms with Gasteiger partial charge < -0.3 is 41.5 Å². The van der Waals surface area contributed by atoms with E-state index in [0.717, 1.165) is 120 Å². The van der Waals surface area contributed by atoms with E-state index < -0.39 is 41.8 Å². The molecule has 0 radical (unpaired) electrons. The molecule has 8 rings (SSSR count). The number of nitrogens with zero attached hydrogens (tertiary/aromatic N) is 4. The maximum atomic E-state index is 15.3. The van der Waals surface area contributed by atoms with Crippen LogP contribution in [0.5, 0.6) is 0 Å². The Labute approximate surface area is 477 Å². The van der Waals surface area contributed by atoms with Crippen molar-refractivity contribution in [2.75, 3.05) is 46.8 Å². The summed E-state index contributed by atoms with van der Waals surface area (Å²) >= 11 is 0. The third kappa shape index (κ3) is 16.1. The van der Waals surface area contributed by atoms with Crippen LogP contribution in [0.2, 0.25) is 0 Å². The lowest BCUT2D eigenvalue weighted by molar-refractivity contribution is -0.139. The van der Waals surface area contributed by atoms with Crippen LogP contribution < -0.4 is 31.9 Å². The maximum absolute atomic E-state index is 15.3. The van der Waals surface area contributed by atoms with Gasteiger partial charge in [0.05, 0.1) is 35.8 Å². The Hall–Kier alpha value is -6.21. The quantitative estimate of drug-likeness (QED) is 0.0261. The van der Waals surface area contributed by atoms with E-state index in [0.29, 0.717) is 61.3 Å². The Morgan fingerprint density at radius 3 is 1.52 bits per heavy atom. The number of aromatic nitrogens is 2. The summed E-state index contributed by atoms with van der Waals surface area (Å²) in [4.78, 5) is 81.2. The lowest BCUT2D eigenvalue weighted by Crippen LogP contribution is -2.57. The zero-order valence-electron chi connectivity index (χ0n) is 47.8. The van der Waals surface area contributed by atoms with Crippen molar-refractivity contribution < 1.29 is 37.9 Å². The predicted octanol–water partition coefficient (Wildman–Crippen LogP) is 8.67. The summed E-state index contributed by atoms with van der Waals surface area (Å²) in [6.07, 6.45) is 24.3. The number of halogens is 2. The first-order valence-corrected chi connectivity index (χ1v) is 30.1. The van der Waals surface area contributed by atoms with E-state index in [1.54, 1.807) is 51.0 Å². The van der Waals surface area contributed by atoms with Gasteiger partial charge in [0.2, 0.25) is 17.7 Å². The third-order valence-electron chi connectivity index (χ3n) is 17.3. The molecule has 81 heavy (non-hydrogen) atoms. The number of hydrogen-bond donors (Lipinski definition) is 7. The standard InChI is InChI=1S/C63H86F2N10O6/c1-41(67-3)59(77)73-58(43-18-10-5-4-6-11-19-43)63(81)75-31-17-23-55(75)49-33-47(37-69-39-49)45-25-27-53(65)51(35-45)61(79)71-29-15-8-7-14-28-70-60(78)50-34-44(24-26-52(50)64)46-32-48(38-68-36-46)54-22-16-30-74(54)62(80)57(72-56(76)40-66-2)42-20-12-9-13-21-42/h24-27,32-39,41-43,54-55,57-59,66-67,73,77H,4-23,28-31,40H2,1-3H3,(H,70,78)(H,71,79)(H,72,76)/t41-,54-,55-,57?,58-,59?/m0/s1. The van der Waals surface area contributed by atoms with Crippen LogP contribution in [-0.4, -0.2) is 126 Å². The van der Waals surface area contributed by atoms with E-state index in [1.165, 1.54) is 30.7 Å². The number of aliphatic hydroxyl groups is 1. The number of likely N-dealkylation sites (tertiary alicyclic amines) is 2. The highest BCUT2D eigenvalue weighted by Crippen LogP contribution is 2.38. The molecule has 4 fully saturated rings. The molecule has 5 amide bonds. The number of likely N-dealkylation sites (N-methyl/N-ethyl adjacent to an activating group) is 2. The van der Waals surface area contributed by atoms with Gasteiger partial charge in [-0.05, 0) is 156 Å². The first-order chi connectivity index (χ1) is 39.3. The average Bonchev–Trinajstić information content (AvgIpc) is 4.41. The molecule has 2 aliphatic carbocycles. The van der Waals surface area contributed by atoms with Crippen molar-refractivity contribution in [1.29, 1.82) is 0 Å². The molecule has 2 aromatic heterocycles. The molecule has 2 unspecified atom stereocenters. The summed E-state index contributed by atoms with van der Waals surface area (Å²) in [5.74, 6) is -2.45. The summed E-state index contributed by atoms with van der Waals surface area (Å²) < 4.78 is 30.5. The summed E-state index contributed by atoms with van der Waals surface area (Å²) in [7, 11) is 3.50. The Morgan fingerprint density at radius 1 is 0.580 bits per heavy atom. The van der Waals surface area contributed by atoms with Gasteiger partial charge in [0.1, 0.15) is 23.9 Å². The second kappa shape index (κ2) is 30.2. The summed E-state index contributed by atoms with van der Waals surface area (Å²) in [6.45, 7) is 3.82.